The quantitative estimate of drug-likeness (QED) is 0.124. The topological polar surface area (TPSA) is 19.7 Å². The largest absolute Gasteiger partial charge is 0.310 e. The molecule has 4 aromatic heterocycles. The minimum absolute atomic E-state index is 0.0429. The van der Waals surface area contributed by atoms with E-state index in [-0.39, 0.29) is 17.5 Å². The van der Waals surface area contributed by atoms with E-state index in [1.165, 1.54) is 164 Å². The molecule has 0 unspecified atom stereocenters. The third-order valence-corrected chi connectivity index (χ3v) is 19.8. The lowest BCUT2D eigenvalue weighted by atomic mass is 9.34. The molecule has 5 heteroatoms. The van der Waals surface area contributed by atoms with Crippen LogP contribution >= 0.6 is 0 Å². The summed E-state index contributed by atoms with van der Waals surface area (Å²) in [6, 6.07) is 90.9. The molecule has 85 heavy (non-hydrogen) atoms. The first kappa shape index (κ1) is 47.4. The second-order valence-electron chi connectivity index (χ2n) is 26.4. The number of aromatic nitrogens is 4. The number of hydrogen-bond acceptors (Lipinski definition) is 0. The van der Waals surface area contributed by atoms with Crippen LogP contribution in [0.4, 0.5) is 0 Å². The lowest BCUT2D eigenvalue weighted by Crippen LogP contribution is -2.59. The molecule has 0 radical (unpaired) electrons. The molecule has 0 atom stereocenters. The molecule has 0 N–H and O–H groups in total. The Bertz CT molecular complexity index is 5610. The van der Waals surface area contributed by atoms with Gasteiger partial charge >= 0.3 is 0 Å². The Balaban J connectivity index is 1.04. The molecule has 0 spiro atoms. The molecule has 19 rings (SSSR count). The summed E-state index contributed by atoms with van der Waals surface area (Å²) in [5.74, 6) is 0. The molecule has 2 aliphatic heterocycles. The van der Waals surface area contributed by atoms with Crippen molar-refractivity contribution < 1.29 is 0 Å². The van der Waals surface area contributed by atoms with Gasteiger partial charge in [0.1, 0.15) is 0 Å². The highest BCUT2D eigenvalue weighted by atomic mass is 15.1. The smallest absolute Gasteiger partial charge is 0.252 e. The predicted molar refractivity (Wildman–Crippen MR) is 364 cm³/mol. The van der Waals surface area contributed by atoms with E-state index in [0.717, 1.165) is 16.9 Å². The van der Waals surface area contributed by atoms with Gasteiger partial charge in [0.25, 0.3) is 6.71 Å². The summed E-state index contributed by atoms with van der Waals surface area (Å²) < 4.78 is 10.5. The van der Waals surface area contributed by atoms with E-state index in [1.807, 2.05) is 0 Å². The molecule has 0 amide bonds. The zero-order chi connectivity index (χ0) is 56.5. The van der Waals surface area contributed by atoms with Gasteiger partial charge in [-0.25, -0.2) is 0 Å². The summed E-state index contributed by atoms with van der Waals surface area (Å²) in [6.07, 6.45) is 0. The highest BCUT2D eigenvalue weighted by molar-refractivity contribution is 7.00. The fourth-order valence-corrected chi connectivity index (χ4v) is 16.1. The number of hydrogen-bond donors (Lipinski definition) is 0. The molecule has 0 saturated heterocycles. The molecular formula is C80H57BN4. The van der Waals surface area contributed by atoms with Crippen molar-refractivity contribution in [2.24, 2.45) is 0 Å². The molecule has 6 heterocycles. The van der Waals surface area contributed by atoms with Crippen LogP contribution in [0.5, 0.6) is 0 Å². The van der Waals surface area contributed by atoms with Crippen molar-refractivity contribution in [2.75, 3.05) is 0 Å². The second-order valence-corrected chi connectivity index (χ2v) is 26.4. The second kappa shape index (κ2) is 16.4. The maximum absolute atomic E-state index is 2.70. The number of fused-ring (bicyclic) bond motifs is 23. The first-order valence-electron chi connectivity index (χ1n) is 30.2. The van der Waals surface area contributed by atoms with Gasteiger partial charge in [-0.15, -0.1) is 0 Å². The summed E-state index contributed by atoms with van der Waals surface area (Å²) in [6.45, 7) is 14.1. The average molecular weight is 1090 g/mol. The first-order chi connectivity index (χ1) is 41.5. The number of nitrogens with zero attached hydrogens (tertiary/aromatic N) is 4. The van der Waals surface area contributed by atoms with E-state index >= 15 is 0 Å². The molecule has 2 aliphatic rings. The minimum Gasteiger partial charge on any atom is -0.310 e. The normalized spacial score (nSPS) is 13.3. The zero-order valence-corrected chi connectivity index (χ0v) is 48.4. The highest BCUT2D eigenvalue weighted by Gasteiger charge is 2.43. The van der Waals surface area contributed by atoms with Crippen molar-refractivity contribution in [3.63, 3.8) is 0 Å². The van der Waals surface area contributed by atoms with Gasteiger partial charge < -0.3 is 18.3 Å². The maximum Gasteiger partial charge on any atom is 0.252 e. The molecule has 0 fully saturated rings. The Hall–Kier alpha value is -10.1. The predicted octanol–water partition coefficient (Wildman–Crippen LogP) is 18.9. The Kier molecular flexibility index (Phi) is 9.13. The van der Waals surface area contributed by atoms with Crippen LogP contribution in [-0.4, -0.2) is 25.0 Å². The molecule has 17 aromatic rings. The van der Waals surface area contributed by atoms with E-state index in [2.05, 4.69) is 296 Å². The summed E-state index contributed by atoms with van der Waals surface area (Å²) in [7, 11) is 0. The van der Waals surface area contributed by atoms with Crippen molar-refractivity contribution in [1.29, 1.82) is 0 Å². The van der Waals surface area contributed by atoms with Gasteiger partial charge in [0.05, 0.1) is 44.5 Å². The van der Waals surface area contributed by atoms with Crippen molar-refractivity contribution >= 4 is 143 Å². The maximum atomic E-state index is 2.70. The van der Waals surface area contributed by atoms with Gasteiger partial charge in [-0.3, -0.25) is 0 Å². The molecule has 0 saturated carbocycles. The number of para-hydroxylation sites is 5. The number of benzene rings is 13. The summed E-state index contributed by atoms with van der Waals surface area (Å²) in [4.78, 5) is 0. The van der Waals surface area contributed by atoms with Crippen LogP contribution in [0.3, 0.4) is 0 Å². The van der Waals surface area contributed by atoms with Crippen molar-refractivity contribution in [3.05, 3.63) is 248 Å². The number of rotatable bonds is 3. The highest BCUT2D eigenvalue weighted by Crippen LogP contribution is 2.49. The van der Waals surface area contributed by atoms with E-state index in [9.17, 15) is 0 Å². The van der Waals surface area contributed by atoms with Crippen LogP contribution in [0, 0.1) is 0 Å². The molecule has 0 bridgehead atoms. The monoisotopic (exact) mass is 1080 g/mol. The van der Waals surface area contributed by atoms with Crippen LogP contribution in [0.25, 0.3) is 153 Å². The molecule has 0 aliphatic carbocycles. The van der Waals surface area contributed by atoms with Gasteiger partial charge in [-0.1, -0.05) is 205 Å². The van der Waals surface area contributed by atoms with Crippen molar-refractivity contribution in [2.45, 2.75) is 52.4 Å². The first-order valence-corrected chi connectivity index (χ1v) is 30.2. The van der Waals surface area contributed by atoms with Gasteiger partial charge in [-0.2, -0.15) is 0 Å². The fourth-order valence-electron chi connectivity index (χ4n) is 16.1. The van der Waals surface area contributed by atoms with Crippen LogP contribution in [-0.2, 0) is 10.8 Å². The molecule has 400 valence electrons. The molecule has 13 aromatic carbocycles. The average Bonchev–Trinajstić information content (AvgIpc) is 1.80. The van der Waals surface area contributed by atoms with E-state index in [1.54, 1.807) is 0 Å². The van der Waals surface area contributed by atoms with Gasteiger partial charge in [0.2, 0.25) is 0 Å². The lowest BCUT2D eigenvalue weighted by molar-refractivity contribution is 0.590. The van der Waals surface area contributed by atoms with Gasteiger partial charge in [0, 0.05) is 76.4 Å². The Morgan fingerprint density at radius 1 is 0.271 bits per heavy atom. The summed E-state index contributed by atoms with van der Waals surface area (Å²) in [5, 5.41) is 17.9. The Labute approximate surface area is 492 Å². The standard InChI is InChI=1S/C80H57BN4/c1-79(2,3)47-37-39-67-59(43-47)60-44-48(80(4,5)6)45-62-78(60)84(67)71-41-46(42-72-76(71)81(62)61-30-19-29-58-75-70(85(72)77(58)61)40-38-57-51-23-8-7-21-49(51)50-22-9-10-28-56(50)74(57)75)73-68(82-63-31-15-11-24-52(63)53-25-12-16-32-64(53)82)35-20-36-69(73)83-65-33-17-13-26-54(65)55-27-14-18-34-66(55)83/h7-45H,1-6H3. The summed E-state index contributed by atoms with van der Waals surface area (Å²) in [5.41, 5.74) is 23.4. The Morgan fingerprint density at radius 3 is 1.25 bits per heavy atom. The van der Waals surface area contributed by atoms with Crippen molar-refractivity contribution in [3.8, 4) is 33.9 Å². The van der Waals surface area contributed by atoms with Crippen molar-refractivity contribution in [1.82, 2.24) is 18.3 Å². The lowest BCUT2D eigenvalue weighted by Gasteiger charge is -2.35. The minimum atomic E-state index is -0.105. The third-order valence-electron chi connectivity index (χ3n) is 19.8. The van der Waals surface area contributed by atoms with Gasteiger partial charge in [0.15, 0.2) is 0 Å². The molecule has 4 nitrogen and oxygen atoms in total. The Morgan fingerprint density at radius 2 is 0.694 bits per heavy atom. The van der Waals surface area contributed by atoms with Crippen LogP contribution in [0.15, 0.2) is 237 Å². The third kappa shape index (κ3) is 6.12. The zero-order valence-electron chi connectivity index (χ0n) is 48.4. The van der Waals surface area contributed by atoms with Gasteiger partial charge in [-0.05, 0) is 144 Å². The summed E-state index contributed by atoms with van der Waals surface area (Å²) >= 11 is 0. The van der Waals surface area contributed by atoms with E-state index in [4.69, 9.17) is 0 Å². The SMILES string of the molecule is CC(C)(C)c1ccc2c(c1)c1cc(C(C)(C)C)cc3c1n2-c1cc(-c2c(-n4c5ccccc5c5ccccc54)cccc2-n2c4ccccc4c4ccccc42)cc2c1B3c1cccc3c4c5c6ccccc6c6ccccc6c5ccc4n-2c13. The van der Waals surface area contributed by atoms with Crippen LogP contribution in [0.2, 0.25) is 0 Å². The van der Waals surface area contributed by atoms with Crippen LogP contribution in [0.1, 0.15) is 52.7 Å². The van der Waals surface area contributed by atoms with E-state index in [0.29, 0.717) is 0 Å². The fraction of sp³-hybridized carbons (Fsp3) is 0.100. The van der Waals surface area contributed by atoms with Crippen LogP contribution < -0.4 is 16.4 Å². The molecular weight excluding hydrogens is 1030 g/mol. The van der Waals surface area contributed by atoms with E-state index < -0.39 is 0 Å².